The fourth-order valence-electron chi connectivity index (χ4n) is 1.87. The molecular formula is C13H18O4. The smallest absolute Gasteiger partial charge is 0.311 e. The van der Waals surface area contributed by atoms with Crippen LogP contribution < -0.4 is 9.47 Å². The second kappa shape index (κ2) is 5.57. The molecule has 0 aliphatic rings. The van der Waals surface area contributed by atoms with E-state index in [0.717, 1.165) is 5.56 Å². The zero-order valence-electron chi connectivity index (χ0n) is 10.6. The van der Waals surface area contributed by atoms with Gasteiger partial charge in [-0.3, -0.25) is 4.79 Å². The summed E-state index contributed by atoms with van der Waals surface area (Å²) in [6.45, 7) is 3.73. The molecule has 1 aromatic carbocycles. The lowest BCUT2D eigenvalue weighted by Crippen LogP contribution is -2.12. The number of carboxylic acids is 1. The lowest BCUT2D eigenvalue weighted by atomic mass is 9.94. The van der Waals surface area contributed by atoms with Gasteiger partial charge in [0, 0.05) is 5.56 Å². The Kier molecular flexibility index (Phi) is 4.37. The van der Waals surface area contributed by atoms with Crippen LogP contribution in [0.5, 0.6) is 11.5 Å². The Hall–Kier alpha value is -1.71. The van der Waals surface area contributed by atoms with E-state index in [1.165, 1.54) is 0 Å². The highest BCUT2D eigenvalue weighted by Gasteiger charge is 2.23. The van der Waals surface area contributed by atoms with Gasteiger partial charge in [0.15, 0.2) is 0 Å². The number of hydrogen-bond acceptors (Lipinski definition) is 3. The third-order valence-electron chi connectivity index (χ3n) is 2.83. The van der Waals surface area contributed by atoms with Crippen LogP contribution in [0.25, 0.3) is 0 Å². The SMILES string of the molecule is CCC(C(=O)O)c1cc(OC)c(C)cc1OC. The van der Waals surface area contributed by atoms with Gasteiger partial charge in [-0.05, 0) is 31.0 Å². The molecule has 0 heterocycles. The third-order valence-corrected chi connectivity index (χ3v) is 2.83. The fraction of sp³-hybridized carbons (Fsp3) is 0.462. The summed E-state index contributed by atoms with van der Waals surface area (Å²) in [5.41, 5.74) is 1.58. The van der Waals surface area contributed by atoms with Crippen molar-refractivity contribution in [2.24, 2.45) is 0 Å². The number of carboxylic acid groups (broad SMARTS) is 1. The maximum absolute atomic E-state index is 11.2. The van der Waals surface area contributed by atoms with Gasteiger partial charge in [-0.2, -0.15) is 0 Å². The second-order valence-electron chi connectivity index (χ2n) is 3.86. The molecule has 0 spiro atoms. The molecular weight excluding hydrogens is 220 g/mol. The van der Waals surface area contributed by atoms with E-state index in [4.69, 9.17) is 9.47 Å². The molecule has 1 N–H and O–H groups in total. The standard InChI is InChI=1S/C13H18O4/c1-5-9(13(14)15)10-7-11(16-3)8(2)6-12(10)17-4/h6-7,9H,5H2,1-4H3,(H,14,15). The van der Waals surface area contributed by atoms with Crippen molar-refractivity contribution in [1.29, 1.82) is 0 Å². The van der Waals surface area contributed by atoms with Gasteiger partial charge >= 0.3 is 5.97 Å². The van der Waals surface area contributed by atoms with E-state index < -0.39 is 11.9 Å². The molecule has 4 nitrogen and oxygen atoms in total. The predicted molar refractivity (Wildman–Crippen MR) is 65.0 cm³/mol. The van der Waals surface area contributed by atoms with Crippen molar-refractivity contribution in [2.75, 3.05) is 14.2 Å². The molecule has 4 heteroatoms. The van der Waals surface area contributed by atoms with Crippen LogP contribution in [0.1, 0.15) is 30.4 Å². The van der Waals surface area contributed by atoms with Gasteiger partial charge in [0.25, 0.3) is 0 Å². The highest BCUT2D eigenvalue weighted by molar-refractivity contribution is 5.77. The van der Waals surface area contributed by atoms with Crippen LogP contribution >= 0.6 is 0 Å². The van der Waals surface area contributed by atoms with E-state index in [-0.39, 0.29) is 0 Å². The highest BCUT2D eigenvalue weighted by Crippen LogP contribution is 2.34. The molecule has 0 aliphatic carbocycles. The largest absolute Gasteiger partial charge is 0.496 e. The molecule has 1 aromatic rings. The van der Waals surface area contributed by atoms with E-state index in [2.05, 4.69) is 0 Å². The monoisotopic (exact) mass is 238 g/mol. The summed E-state index contributed by atoms with van der Waals surface area (Å²) in [5, 5.41) is 9.18. The summed E-state index contributed by atoms with van der Waals surface area (Å²) in [5.74, 6) is -0.144. The van der Waals surface area contributed by atoms with E-state index in [9.17, 15) is 9.90 Å². The lowest BCUT2D eigenvalue weighted by molar-refractivity contribution is -0.138. The van der Waals surface area contributed by atoms with Crippen LogP contribution in [0.15, 0.2) is 12.1 Å². The summed E-state index contributed by atoms with van der Waals surface area (Å²) >= 11 is 0. The molecule has 0 bridgehead atoms. The molecule has 1 unspecified atom stereocenters. The van der Waals surface area contributed by atoms with Crippen LogP contribution in [0.4, 0.5) is 0 Å². The molecule has 0 saturated carbocycles. The summed E-state index contributed by atoms with van der Waals surface area (Å²) in [6, 6.07) is 3.55. The minimum absolute atomic E-state index is 0.512. The number of carbonyl (C=O) groups is 1. The molecule has 1 atom stereocenters. The van der Waals surface area contributed by atoms with Gasteiger partial charge in [0.2, 0.25) is 0 Å². The van der Waals surface area contributed by atoms with Crippen molar-refractivity contribution in [3.63, 3.8) is 0 Å². The summed E-state index contributed by atoms with van der Waals surface area (Å²) in [6.07, 6.45) is 0.512. The normalized spacial score (nSPS) is 12.0. The minimum Gasteiger partial charge on any atom is -0.496 e. The van der Waals surface area contributed by atoms with Crippen molar-refractivity contribution in [3.8, 4) is 11.5 Å². The first-order valence-electron chi connectivity index (χ1n) is 5.50. The molecule has 0 saturated heterocycles. The van der Waals surface area contributed by atoms with Crippen molar-refractivity contribution in [1.82, 2.24) is 0 Å². The van der Waals surface area contributed by atoms with Crippen molar-refractivity contribution in [2.45, 2.75) is 26.2 Å². The fourth-order valence-corrected chi connectivity index (χ4v) is 1.87. The van der Waals surface area contributed by atoms with Crippen molar-refractivity contribution < 1.29 is 19.4 Å². The number of rotatable bonds is 5. The van der Waals surface area contributed by atoms with Gasteiger partial charge < -0.3 is 14.6 Å². The van der Waals surface area contributed by atoms with Crippen LogP contribution in [0.2, 0.25) is 0 Å². The van der Waals surface area contributed by atoms with Crippen LogP contribution in [0.3, 0.4) is 0 Å². The van der Waals surface area contributed by atoms with Gasteiger partial charge in [-0.25, -0.2) is 0 Å². The van der Waals surface area contributed by atoms with E-state index in [1.54, 1.807) is 26.4 Å². The van der Waals surface area contributed by atoms with E-state index in [1.807, 2.05) is 13.8 Å². The first-order valence-corrected chi connectivity index (χ1v) is 5.50. The zero-order valence-corrected chi connectivity index (χ0v) is 10.6. The quantitative estimate of drug-likeness (QED) is 0.856. The number of ether oxygens (including phenoxy) is 2. The highest BCUT2D eigenvalue weighted by atomic mass is 16.5. The summed E-state index contributed by atoms with van der Waals surface area (Å²) < 4.78 is 10.5. The molecule has 17 heavy (non-hydrogen) atoms. The first-order chi connectivity index (χ1) is 8.04. The average molecular weight is 238 g/mol. The van der Waals surface area contributed by atoms with Crippen LogP contribution in [0, 0.1) is 6.92 Å². The number of benzene rings is 1. The molecule has 0 aliphatic heterocycles. The Labute approximate surface area is 101 Å². The summed E-state index contributed by atoms with van der Waals surface area (Å²) in [7, 11) is 3.11. The Morgan fingerprint density at radius 3 is 2.29 bits per heavy atom. The zero-order chi connectivity index (χ0) is 13.0. The molecule has 0 radical (unpaired) electrons. The Balaban J connectivity index is 3.33. The summed E-state index contributed by atoms with van der Waals surface area (Å²) in [4.78, 5) is 11.2. The second-order valence-corrected chi connectivity index (χ2v) is 3.86. The third kappa shape index (κ3) is 2.70. The Morgan fingerprint density at radius 1 is 1.29 bits per heavy atom. The number of aryl methyl sites for hydroxylation is 1. The first kappa shape index (κ1) is 13.4. The Morgan fingerprint density at radius 2 is 1.88 bits per heavy atom. The minimum atomic E-state index is -0.850. The van der Waals surface area contributed by atoms with Crippen molar-refractivity contribution >= 4 is 5.97 Å². The number of hydrogen-bond donors (Lipinski definition) is 1. The van der Waals surface area contributed by atoms with Crippen LogP contribution in [-0.4, -0.2) is 25.3 Å². The number of methoxy groups -OCH3 is 2. The maximum Gasteiger partial charge on any atom is 0.311 e. The Bertz CT molecular complexity index is 412. The molecule has 0 amide bonds. The molecule has 94 valence electrons. The van der Waals surface area contributed by atoms with Gasteiger partial charge in [-0.15, -0.1) is 0 Å². The van der Waals surface area contributed by atoms with Gasteiger partial charge in [-0.1, -0.05) is 6.92 Å². The molecule has 0 fully saturated rings. The molecule has 1 rings (SSSR count). The van der Waals surface area contributed by atoms with E-state index in [0.29, 0.717) is 23.5 Å². The maximum atomic E-state index is 11.2. The lowest BCUT2D eigenvalue weighted by Gasteiger charge is -2.17. The van der Waals surface area contributed by atoms with Gasteiger partial charge in [0.1, 0.15) is 11.5 Å². The van der Waals surface area contributed by atoms with Crippen LogP contribution in [-0.2, 0) is 4.79 Å². The number of aliphatic carboxylic acids is 1. The van der Waals surface area contributed by atoms with Crippen molar-refractivity contribution in [3.05, 3.63) is 23.3 Å². The molecule has 0 aromatic heterocycles. The predicted octanol–water partition coefficient (Wildman–Crippen LogP) is 2.59. The average Bonchev–Trinajstić information content (AvgIpc) is 2.30. The van der Waals surface area contributed by atoms with E-state index >= 15 is 0 Å². The van der Waals surface area contributed by atoms with Gasteiger partial charge in [0.05, 0.1) is 20.1 Å². The topological polar surface area (TPSA) is 55.8 Å².